The smallest absolute Gasteiger partial charge is 0.229 e. The molecule has 0 radical (unpaired) electrons. The molecule has 1 fully saturated rings. The zero-order valence-corrected chi connectivity index (χ0v) is 17.9. The van der Waals surface area contributed by atoms with Crippen molar-refractivity contribution in [2.45, 2.75) is 25.4 Å². The molecule has 7 heteroatoms. The molecule has 5 rings (SSSR count). The Morgan fingerprint density at radius 3 is 2.58 bits per heavy atom. The second-order valence-corrected chi connectivity index (χ2v) is 9.72. The van der Waals surface area contributed by atoms with Crippen molar-refractivity contribution in [2.24, 2.45) is 0 Å². The largest absolute Gasteiger partial charge is 0.486 e. The minimum Gasteiger partial charge on any atom is -0.486 e. The van der Waals surface area contributed by atoms with Crippen molar-refractivity contribution >= 4 is 26.7 Å². The zero-order valence-electron chi connectivity index (χ0n) is 17.1. The maximum Gasteiger partial charge on any atom is 0.229 e. The molecular formula is C24H23N3O3S. The number of benzene rings is 3. The summed E-state index contributed by atoms with van der Waals surface area (Å²) in [7, 11) is -3.37. The summed E-state index contributed by atoms with van der Waals surface area (Å²) < 4.78 is 31.9. The SMILES string of the molecule is CS(=O)(=O)Nc1ccccc1-c1ccc2nc(COc3ccc(C4CC4)cc3)[nH]c2c1. The van der Waals surface area contributed by atoms with E-state index in [1.807, 2.05) is 42.5 Å². The van der Waals surface area contributed by atoms with Gasteiger partial charge in [0.05, 0.1) is 23.0 Å². The van der Waals surface area contributed by atoms with Gasteiger partial charge in [-0.1, -0.05) is 36.4 Å². The van der Waals surface area contributed by atoms with Gasteiger partial charge in [0.2, 0.25) is 10.0 Å². The molecule has 1 aliphatic rings. The Morgan fingerprint density at radius 2 is 1.84 bits per heavy atom. The monoisotopic (exact) mass is 433 g/mol. The first kappa shape index (κ1) is 19.6. The lowest BCUT2D eigenvalue weighted by atomic mass is 10.0. The molecule has 0 spiro atoms. The lowest BCUT2D eigenvalue weighted by Crippen LogP contribution is -2.10. The number of rotatable bonds is 7. The summed E-state index contributed by atoms with van der Waals surface area (Å²) >= 11 is 0. The van der Waals surface area contributed by atoms with Gasteiger partial charge in [-0.2, -0.15) is 0 Å². The molecule has 1 heterocycles. The molecule has 0 bridgehead atoms. The number of hydrogen-bond acceptors (Lipinski definition) is 4. The molecule has 1 aromatic heterocycles. The van der Waals surface area contributed by atoms with E-state index < -0.39 is 10.0 Å². The van der Waals surface area contributed by atoms with Crippen LogP contribution in [0, 0.1) is 0 Å². The zero-order chi connectivity index (χ0) is 21.4. The van der Waals surface area contributed by atoms with E-state index in [9.17, 15) is 8.42 Å². The van der Waals surface area contributed by atoms with Gasteiger partial charge in [0, 0.05) is 5.56 Å². The van der Waals surface area contributed by atoms with Gasteiger partial charge < -0.3 is 9.72 Å². The highest BCUT2D eigenvalue weighted by atomic mass is 32.2. The number of aromatic nitrogens is 2. The summed E-state index contributed by atoms with van der Waals surface area (Å²) in [6.07, 6.45) is 3.72. The van der Waals surface area contributed by atoms with Crippen LogP contribution in [0.15, 0.2) is 66.7 Å². The first-order valence-electron chi connectivity index (χ1n) is 10.2. The van der Waals surface area contributed by atoms with E-state index in [-0.39, 0.29) is 0 Å². The van der Waals surface area contributed by atoms with Crippen molar-refractivity contribution in [1.82, 2.24) is 9.97 Å². The number of fused-ring (bicyclic) bond motifs is 1. The quantitative estimate of drug-likeness (QED) is 0.427. The Morgan fingerprint density at radius 1 is 1.06 bits per heavy atom. The van der Waals surface area contributed by atoms with E-state index in [1.165, 1.54) is 18.4 Å². The van der Waals surface area contributed by atoms with Gasteiger partial charge in [0.15, 0.2) is 0 Å². The number of ether oxygens (including phenoxy) is 1. The van der Waals surface area contributed by atoms with Crippen molar-refractivity contribution < 1.29 is 13.2 Å². The number of para-hydroxylation sites is 1. The Bertz CT molecular complexity index is 1340. The first-order valence-corrected chi connectivity index (χ1v) is 12.1. The lowest BCUT2D eigenvalue weighted by molar-refractivity contribution is 0.297. The van der Waals surface area contributed by atoms with E-state index in [4.69, 9.17) is 4.74 Å². The van der Waals surface area contributed by atoms with E-state index >= 15 is 0 Å². The second-order valence-electron chi connectivity index (χ2n) is 7.97. The number of nitrogens with one attached hydrogen (secondary N) is 2. The molecular weight excluding hydrogens is 410 g/mol. The van der Waals surface area contributed by atoms with Crippen LogP contribution >= 0.6 is 0 Å². The fourth-order valence-electron chi connectivity index (χ4n) is 3.73. The van der Waals surface area contributed by atoms with Crippen molar-refractivity contribution in [3.8, 4) is 16.9 Å². The molecule has 0 amide bonds. The molecule has 3 aromatic carbocycles. The highest BCUT2D eigenvalue weighted by Gasteiger charge is 2.23. The molecule has 0 saturated heterocycles. The van der Waals surface area contributed by atoms with E-state index in [2.05, 4.69) is 26.8 Å². The summed E-state index contributed by atoms with van der Waals surface area (Å²) in [4.78, 5) is 7.92. The minimum absolute atomic E-state index is 0.346. The third kappa shape index (κ3) is 4.56. The molecule has 1 aliphatic carbocycles. The summed E-state index contributed by atoms with van der Waals surface area (Å²) in [5.74, 6) is 2.30. The predicted octanol–water partition coefficient (Wildman–Crippen LogP) is 5.06. The third-order valence-electron chi connectivity index (χ3n) is 5.37. The normalized spacial score (nSPS) is 14.0. The van der Waals surface area contributed by atoms with E-state index in [1.54, 1.807) is 12.1 Å². The summed E-state index contributed by atoms with van der Waals surface area (Å²) in [6, 6.07) is 21.5. The van der Waals surface area contributed by atoms with Crippen LogP contribution in [-0.2, 0) is 16.6 Å². The predicted molar refractivity (Wildman–Crippen MR) is 123 cm³/mol. The van der Waals surface area contributed by atoms with Crippen LogP contribution in [0.5, 0.6) is 5.75 Å². The summed E-state index contributed by atoms with van der Waals surface area (Å²) in [5.41, 5.74) is 5.33. The fraction of sp³-hybridized carbons (Fsp3) is 0.208. The fourth-order valence-corrected chi connectivity index (χ4v) is 4.30. The van der Waals surface area contributed by atoms with E-state index in [0.717, 1.165) is 45.9 Å². The molecule has 4 aromatic rings. The molecule has 6 nitrogen and oxygen atoms in total. The maximum absolute atomic E-state index is 11.7. The van der Waals surface area contributed by atoms with Crippen LogP contribution in [0.2, 0.25) is 0 Å². The highest BCUT2D eigenvalue weighted by molar-refractivity contribution is 7.92. The number of aromatic amines is 1. The standard InChI is InChI=1S/C24H23N3O3S/c1-31(28,29)27-21-5-3-2-4-20(21)18-10-13-22-23(14-18)26-24(25-22)15-30-19-11-8-17(9-12-19)16-6-7-16/h2-5,8-14,16,27H,6-7,15H2,1H3,(H,25,26). The van der Waals surface area contributed by atoms with Crippen LogP contribution in [-0.4, -0.2) is 24.6 Å². The van der Waals surface area contributed by atoms with Crippen LogP contribution in [0.1, 0.15) is 30.1 Å². The molecule has 158 valence electrons. The topological polar surface area (TPSA) is 84.1 Å². The number of sulfonamides is 1. The average Bonchev–Trinajstić information content (AvgIpc) is 3.51. The van der Waals surface area contributed by atoms with Crippen molar-refractivity contribution in [3.05, 3.63) is 78.1 Å². The molecule has 2 N–H and O–H groups in total. The van der Waals surface area contributed by atoms with Crippen molar-refractivity contribution in [3.63, 3.8) is 0 Å². The van der Waals surface area contributed by atoms with Gasteiger partial charge in [-0.05, 0) is 60.2 Å². The van der Waals surface area contributed by atoms with Gasteiger partial charge in [-0.15, -0.1) is 0 Å². The van der Waals surface area contributed by atoms with Gasteiger partial charge in [-0.25, -0.2) is 13.4 Å². The Hall–Kier alpha value is -3.32. The van der Waals surface area contributed by atoms with Crippen LogP contribution < -0.4 is 9.46 Å². The Kier molecular flexibility index (Phi) is 4.90. The van der Waals surface area contributed by atoms with Crippen molar-refractivity contribution in [2.75, 3.05) is 11.0 Å². The summed E-state index contributed by atoms with van der Waals surface area (Å²) in [6.45, 7) is 0.346. The first-order chi connectivity index (χ1) is 14.9. The van der Waals surface area contributed by atoms with Crippen molar-refractivity contribution in [1.29, 1.82) is 0 Å². The van der Waals surface area contributed by atoms with Crippen LogP contribution in [0.3, 0.4) is 0 Å². The van der Waals surface area contributed by atoms with Gasteiger partial charge >= 0.3 is 0 Å². The van der Waals surface area contributed by atoms with Gasteiger partial charge in [-0.3, -0.25) is 4.72 Å². The molecule has 0 atom stereocenters. The Balaban J connectivity index is 1.35. The summed E-state index contributed by atoms with van der Waals surface area (Å²) in [5, 5.41) is 0. The number of hydrogen-bond donors (Lipinski definition) is 2. The molecule has 1 saturated carbocycles. The molecule has 31 heavy (non-hydrogen) atoms. The number of imidazole rings is 1. The van der Waals surface area contributed by atoms with E-state index in [0.29, 0.717) is 12.3 Å². The second kappa shape index (κ2) is 7.74. The molecule has 0 unspecified atom stereocenters. The number of nitrogens with zero attached hydrogens (tertiary/aromatic N) is 1. The maximum atomic E-state index is 11.7. The lowest BCUT2D eigenvalue weighted by Gasteiger charge is -2.10. The van der Waals surface area contributed by atoms with Crippen LogP contribution in [0.25, 0.3) is 22.2 Å². The minimum atomic E-state index is -3.37. The third-order valence-corrected chi connectivity index (χ3v) is 5.96. The van der Waals surface area contributed by atoms with Gasteiger partial charge in [0.25, 0.3) is 0 Å². The average molecular weight is 434 g/mol. The number of anilines is 1. The molecule has 0 aliphatic heterocycles. The van der Waals surface area contributed by atoms with Gasteiger partial charge in [0.1, 0.15) is 18.2 Å². The number of H-pyrrole nitrogens is 1. The van der Waals surface area contributed by atoms with Crippen LogP contribution in [0.4, 0.5) is 5.69 Å². The Labute approximate surface area is 181 Å². The highest BCUT2D eigenvalue weighted by Crippen LogP contribution is 2.40.